The van der Waals surface area contributed by atoms with E-state index in [1.165, 1.54) is 0 Å². The van der Waals surface area contributed by atoms with Crippen molar-refractivity contribution in [2.24, 2.45) is 11.8 Å². The lowest BCUT2D eigenvalue weighted by molar-refractivity contribution is -0.137. The number of carbonyl (C=O) groups excluding carboxylic acids is 2. The van der Waals surface area contributed by atoms with E-state index in [0.717, 1.165) is 5.56 Å². The Morgan fingerprint density at radius 3 is 2.68 bits per heavy atom. The highest BCUT2D eigenvalue weighted by atomic mass is 35.5. The van der Waals surface area contributed by atoms with E-state index in [0.29, 0.717) is 36.7 Å². The Labute approximate surface area is 134 Å². The van der Waals surface area contributed by atoms with E-state index in [1.54, 1.807) is 23.1 Å². The Balaban J connectivity index is 1.82. The van der Waals surface area contributed by atoms with Crippen LogP contribution in [0.25, 0.3) is 0 Å². The molecule has 1 saturated heterocycles. The molecule has 0 bridgehead atoms. The first-order valence-corrected chi connectivity index (χ1v) is 7.56. The van der Waals surface area contributed by atoms with Gasteiger partial charge in [0.15, 0.2) is 6.61 Å². The zero-order valence-corrected chi connectivity index (χ0v) is 13.2. The maximum Gasteiger partial charge on any atom is 0.260 e. The van der Waals surface area contributed by atoms with Gasteiger partial charge in [0, 0.05) is 24.0 Å². The molecule has 0 radical (unpaired) electrons. The van der Waals surface area contributed by atoms with Gasteiger partial charge < -0.3 is 9.64 Å². The van der Waals surface area contributed by atoms with Crippen LogP contribution in [0.1, 0.15) is 18.4 Å². The number of likely N-dealkylation sites (tertiary alicyclic amines) is 1. The van der Waals surface area contributed by atoms with E-state index >= 15 is 0 Å². The van der Waals surface area contributed by atoms with Crippen LogP contribution < -0.4 is 16.0 Å². The molecule has 0 spiro atoms. The van der Waals surface area contributed by atoms with Gasteiger partial charge in [0.05, 0.1) is 0 Å². The summed E-state index contributed by atoms with van der Waals surface area (Å²) in [5.41, 5.74) is 3.05. The van der Waals surface area contributed by atoms with Crippen molar-refractivity contribution in [2.45, 2.75) is 19.8 Å². The average molecular weight is 326 g/mol. The Bertz CT molecular complexity index is 557. The Kier molecular flexibility index (Phi) is 5.63. The topological polar surface area (TPSA) is 84.7 Å². The summed E-state index contributed by atoms with van der Waals surface area (Å²) in [6.45, 7) is 2.94. The summed E-state index contributed by atoms with van der Waals surface area (Å²) in [5.74, 6) is 5.41. The van der Waals surface area contributed by atoms with Crippen LogP contribution >= 0.6 is 11.6 Å². The van der Waals surface area contributed by atoms with Gasteiger partial charge in [-0.05, 0) is 43.5 Å². The molecule has 0 saturated carbocycles. The predicted molar refractivity (Wildman–Crippen MR) is 83.3 cm³/mol. The summed E-state index contributed by atoms with van der Waals surface area (Å²) in [6, 6.07) is 5.27. The van der Waals surface area contributed by atoms with Crippen molar-refractivity contribution >= 4 is 23.4 Å². The summed E-state index contributed by atoms with van der Waals surface area (Å²) >= 11 is 5.88. The van der Waals surface area contributed by atoms with Crippen molar-refractivity contribution in [3.8, 4) is 5.75 Å². The molecule has 0 unspecified atom stereocenters. The van der Waals surface area contributed by atoms with Gasteiger partial charge in [-0.2, -0.15) is 0 Å². The van der Waals surface area contributed by atoms with Gasteiger partial charge >= 0.3 is 0 Å². The largest absolute Gasteiger partial charge is 0.483 e. The van der Waals surface area contributed by atoms with Gasteiger partial charge in [-0.3, -0.25) is 15.0 Å². The molecular formula is C15H20ClN3O3. The number of carbonyl (C=O) groups is 2. The molecule has 7 heteroatoms. The first-order chi connectivity index (χ1) is 10.5. The van der Waals surface area contributed by atoms with Crippen LogP contribution in [0.3, 0.4) is 0 Å². The Morgan fingerprint density at radius 2 is 2.09 bits per heavy atom. The number of amides is 2. The zero-order chi connectivity index (χ0) is 16.1. The van der Waals surface area contributed by atoms with Crippen LogP contribution in [0.5, 0.6) is 5.75 Å². The molecule has 1 fully saturated rings. The number of ether oxygens (including phenoxy) is 1. The number of nitrogens with two attached hydrogens (primary N) is 1. The van der Waals surface area contributed by atoms with Gasteiger partial charge in [-0.25, -0.2) is 5.84 Å². The number of rotatable bonds is 4. The molecule has 6 nitrogen and oxygen atoms in total. The lowest BCUT2D eigenvalue weighted by atomic mass is 9.96. The van der Waals surface area contributed by atoms with Crippen molar-refractivity contribution in [3.63, 3.8) is 0 Å². The van der Waals surface area contributed by atoms with Crippen LogP contribution in [0.15, 0.2) is 18.2 Å². The molecule has 0 atom stereocenters. The number of benzene rings is 1. The molecule has 0 aromatic heterocycles. The minimum absolute atomic E-state index is 0.0176. The number of nitrogens with one attached hydrogen (secondary N) is 1. The second-order valence-electron chi connectivity index (χ2n) is 5.36. The molecule has 1 aliphatic heterocycles. The molecule has 1 aliphatic rings. The summed E-state index contributed by atoms with van der Waals surface area (Å²) in [7, 11) is 0. The lowest BCUT2D eigenvalue weighted by Crippen LogP contribution is -2.45. The minimum Gasteiger partial charge on any atom is -0.483 e. The maximum absolute atomic E-state index is 12.1. The third-order valence-electron chi connectivity index (χ3n) is 3.85. The molecule has 1 aromatic rings. The van der Waals surface area contributed by atoms with Gasteiger partial charge in [-0.15, -0.1) is 0 Å². The number of halogens is 1. The Hall–Kier alpha value is -1.79. The van der Waals surface area contributed by atoms with Gasteiger partial charge in [-0.1, -0.05) is 11.6 Å². The average Bonchev–Trinajstić information content (AvgIpc) is 2.53. The van der Waals surface area contributed by atoms with Crippen LogP contribution in [0, 0.1) is 12.8 Å². The number of hydrogen-bond acceptors (Lipinski definition) is 4. The lowest BCUT2D eigenvalue weighted by Gasteiger charge is -2.31. The molecule has 1 heterocycles. The van der Waals surface area contributed by atoms with Gasteiger partial charge in [0.1, 0.15) is 5.75 Å². The fraction of sp³-hybridized carbons (Fsp3) is 0.467. The van der Waals surface area contributed by atoms with Crippen molar-refractivity contribution in [1.82, 2.24) is 10.3 Å². The van der Waals surface area contributed by atoms with Crippen molar-refractivity contribution in [2.75, 3.05) is 19.7 Å². The predicted octanol–water partition coefficient (Wildman–Crippen LogP) is 1.26. The molecule has 1 aromatic carbocycles. The first kappa shape index (κ1) is 16.6. The van der Waals surface area contributed by atoms with E-state index in [-0.39, 0.29) is 24.3 Å². The van der Waals surface area contributed by atoms with Gasteiger partial charge in [0.25, 0.3) is 5.91 Å². The molecular weight excluding hydrogens is 306 g/mol. The van der Waals surface area contributed by atoms with Crippen molar-refractivity contribution in [3.05, 3.63) is 28.8 Å². The number of hydrogen-bond donors (Lipinski definition) is 2. The Morgan fingerprint density at radius 1 is 1.41 bits per heavy atom. The van der Waals surface area contributed by atoms with Crippen LogP contribution in [-0.4, -0.2) is 36.4 Å². The normalized spacial score (nSPS) is 15.5. The molecule has 2 amide bonds. The monoisotopic (exact) mass is 325 g/mol. The highest BCUT2D eigenvalue weighted by Gasteiger charge is 2.27. The fourth-order valence-corrected chi connectivity index (χ4v) is 2.74. The number of piperidine rings is 1. The smallest absolute Gasteiger partial charge is 0.260 e. The third kappa shape index (κ3) is 4.11. The quantitative estimate of drug-likeness (QED) is 0.496. The number of aryl methyl sites for hydroxylation is 1. The summed E-state index contributed by atoms with van der Waals surface area (Å²) < 4.78 is 5.55. The first-order valence-electron chi connectivity index (χ1n) is 7.18. The molecule has 3 N–H and O–H groups in total. The molecule has 22 heavy (non-hydrogen) atoms. The number of hydrazine groups is 1. The minimum atomic E-state index is -0.167. The summed E-state index contributed by atoms with van der Waals surface area (Å²) in [5, 5.41) is 0.636. The second kappa shape index (κ2) is 7.47. The number of nitrogens with zero attached hydrogens (tertiary/aromatic N) is 1. The van der Waals surface area contributed by atoms with Gasteiger partial charge in [0.2, 0.25) is 5.91 Å². The van der Waals surface area contributed by atoms with E-state index in [2.05, 4.69) is 5.43 Å². The van der Waals surface area contributed by atoms with Crippen LogP contribution in [-0.2, 0) is 9.59 Å². The highest BCUT2D eigenvalue weighted by Crippen LogP contribution is 2.22. The van der Waals surface area contributed by atoms with E-state index < -0.39 is 0 Å². The zero-order valence-electron chi connectivity index (χ0n) is 12.5. The SMILES string of the molecule is Cc1cc(Cl)ccc1OCC(=O)N1CCC(C(=O)NN)CC1. The van der Waals surface area contributed by atoms with E-state index in [1.807, 2.05) is 6.92 Å². The molecule has 2 rings (SSSR count). The van der Waals surface area contributed by atoms with Crippen molar-refractivity contribution in [1.29, 1.82) is 0 Å². The molecule has 120 valence electrons. The fourth-order valence-electron chi connectivity index (χ4n) is 2.51. The highest BCUT2D eigenvalue weighted by molar-refractivity contribution is 6.30. The summed E-state index contributed by atoms with van der Waals surface area (Å²) in [4.78, 5) is 25.3. The van der Waals surface area contributed by atoms with Crippen LogP contribution in [0.2, 0.25) is 5.02 Å². The standard InChI is InChI=1S/C15H20ClN3O3/c1-10-8-12(16)2-3-13(10)22-9-14(20)19-6-4-11(5-7-19)15(21)18-17/h2-3,8,11H,4-7,9,17H2,1H3,(H,18,21). The maximum atomic E-state index is 12.1. The van der Waals surface area contributed by atoms with Crippen molar-refractivity contribution < 1.29 is 14.3 Å². The van der Waals surface area contributed by atoms with Crippen LogP contribution in [0.4, 0.5) is 0 Å². The molecule has 0 aliphatic carbocycles. The second-order valence-corrected chi connectivity index (χ2v) is 5.80. The van der Waals surface area contributed by atoms with E-state index in [4.69, 9.17) is 22.2 Å². The summed E-state index contributed by atoms with van der Waals surface area (Å²) in [6.07, 6.45) is 1.24. The third-order valence-corrected chi connectivity index (χ3v) is 4.08. The van der Waals surface area contributed by atoms with E-state index in [9.17, 15) is 9.59 Å².